The Hall–Kier alpha value is -3.20. The summed E-state index contributed by atoms with van der Waals surface area (Å²) in [5.74, 6) is 0.673. The van der Waals surface area contributed by atoms with Gasteiger partial charge in [0.2, 0.25) is 5.91 Å². The first kappa shape index (κ1) is 17.2. The van der Waals surface area contributed by atoms with Gasteiger partial charge in [-0.05, 0) is 36.5 Å². The van der Waals surface area contributed by atoms with Gasteiger partial charge in [-0.2, -0.15) is 0 Å². The number of methoxy groups -OCH3 is 1. The average molecular weight is 347 g/mol. The molecule has 0 radical (unpaired) electrons. The predicted molar refractivity (Wildman–Crippen MR) is 91.3 cm³/mol. The van der Waals surface area contributed by atoms with Gasteiger partial charge in [-0.3, -0.25) is 20.2 Å². The molecule has 0 fully saturated rings. The first-order valence-electron chi connectivity index (χ1n) is 6.62. The molecule has 0 unspecified atom stereocenters. The highest BCUT2D eigenvalue weighted by Gasteiger charge is 2.15. The van der Waals surface area contributed by atoms with Crippen molar-refractivity contribution < 1.29 is 18.9 Å². The number of benzene rings is 1. The Labute approximate surface area is 142 Å². The lowest BCUT2D eigenvalue weighted by molar-refractivity contribution is -0.384. The van der Waals surface area contributed by atoms with Crippen molar-refractivity contribution in [3.63, 3.8) is 0 Å². The summed E-state index contributed by atoms with van der Waals surface area (Å²) >= 11 is 4.55. The molecule has 0 atom stereocenters. The molecule has 1 aromatic heterocycles. The average Bonchev–Trinajstić information content (AvgIpc) is 3.00. The van der Waals surface area contributed by atoms with Crippen LogP contribution < -0.4 is 15.8 Å². The van der Waals surface area contributed by atoms with Gasteiger partial charge in [0.1, 0.15) is 17.3 Å². The quantitative estimate of drug-likeness (QED) is 0.368. The van der Waals surface area contributed by atoms with Crippen LogP contribution in [0, 0.1) is 10.1 Å². The number of amides is 1. The van der Waals surface area contributed by atoms with Gasteiger partial charge < -0.3 is 14.9 Å². The Bertz CT molecular complexity index is 828. The molecule has 1 heterocycles. The molecule has 0 saturated carbocycles. The van der Waals surface area contributed by atoms with E-state index >= 15 is 0 Å². The number of nitrogens with one attached hydrogen (secondary N) is 1. The number of hydrogen-bond donors (Lipinski definition) is 2. The van der Waals surface area contributed by atoms with Crippen LogP contribution >= 0.6 is 12.2 Å². The Balaban J connectivity index is 2.28. The minimum absolute atomic E-state index is 0.0878. The fourth-order valence-corrected chi connectivity index (χ4v) is 2.01. The molecule has 0 bridgehead atoms. The van der Waals surface area contributed by atoms with E-state index in [0.717, 1.165) is 0 Å². The third-order valence-corrected chi connectivity index (χ3v) is 3.03. The molecular formula is C15H13N3O5S. The van der Waals surface area contributed by atoms with Gasteiger partial charge in [0, 0.05) is 18.2 Å². The van der Waals surface area contributed by atoms with Crippen molar-refractivity contribution in [2.45, 2.75) is 0 Å². The number of carbonyl (C=O) groups excluding carboxylic acids is 1. The van der Waals surface area contributed by atoms with Crippen LogP contribution in [0.25, 0.3) is 17.4 Å². The van der Waals surface area contributed by atoms with Gasteiger partial charge in [-0.15, -0.1) is 0 Å². The second-order valence-electron chi connectivity index (χ2n) is 4.53. The fourth-order valence-electron chi connectivity index (χ4n) is 1.91. The van der Waals surface area contributed by atoms with Gasteiger partial charge in [-0.1, -0.05) is 0 Å². The van der Waals surface area contributed by atoms with E-state index in [1.165, 1.54) is 37.5 Å². The number of nitrogens with zero attached hydrogens (tertiary/aromatic N) is 1. The summed E-state index contributed by atoms with van der Waals surface area (Å²) in [6.07, 6.45) is 2.62. The predicted octanol–water partition coefficient (Wildman–Crippen LogP) is 2.24. The number of ether oxygens (including phenoxy) is 1. The number of carbonyl (C=O) groups is 1. The van der Waals surface area contributed by atoms with Crippen molar-refractivity contribution in [1.82, 2.24) is 5.32 Å². The number of nitro benzene ring substituents is 1. The maximum atomic E-state index is 11.4. The highest BCUT2D eigenvalue weighted by molar-refractivity contribution is 7.80. The zero-order chi connectivity index (χ0) is 17.7. The van der Waals surface area contributed by atoms with Gasteiger partial charge >= 0.3 is 0 Å². The number of thiocarbonyl (C=S) groups is 1. The fraction of sp³-hybridized carbons (Fsp3) is 0.0667. The van der Waals surface area contributed by atoms with Crippen molar-refractivity contribution in [3.05, 3.63) is 52.3 Å². The van der Waals surface area contributed by atoms with Gasteiger partial charge in [0.25, 0.3) is 5.69 Å². The summed E-state index contributed by atoms with van der Waals surface area (Å²) in [5.41, 5.74) is 5.53. The van der Waals surface area contributed by atoms with Crippen molar-refractivity contribution in [2.75, 3.05) is 7.11 Å². The second kappa shape index (κ2) is 7.38. The first-order chi connectivity index (χ1) is 11.4. The number of nitro groups is 1. The maximum Gasteiger partial charge on any atom is 0.270 e. The summed E-state index contributed by atoms with van der Waals surface area (Å²) in [6, 6.07) is 7.41. The number of furan rings is 1. The lowest BCUT2D eigenvalue weighted by Crippen LogP contribution is -2.33. The molecule has 0 aliphatic heterocycles. The van der Waals surface area contributed by atoms with Crippen LogP contribution in [0.15, 0.2) is 40.8 Å². The second-order valence-corrected chi connectivity index (χ2v) is 4.97. The van der Waals surface area contributed by atoms with Crippen molar-refractivity contribution in [1.29, 1.82) is 0 Å². The standard InChI is InChI=1S/C15H13N3O5S/c1-22-12-5-2-9(18(20)21)8-11(12)13-6-3-10(23-13)4-7-14(19)17-15(16)24/h2-8H,1H3,(H3,16,17,19,24)/b7-4+. The lowest BCUT2D eigenvalue weighted by atomic mass is 10.1. The number of nitrogens with two attached hydrogens (primary N) is 1. The minimum Gasteiger partial charge on any atom is -0.496 e. The van der Waals surface area contributed by atoms with Crippen molar-refractivity contribution in [3.8, 4) is 17.1 Å². The Morgan fingerprint density at radius 1 is 1.42 bits per heavy atom. The van der Waals surface area contributed by atoms with E-state index in [2.05, 4.69) is 17.5 Å². The first-order valence-corrected chi connectivity index (χ1v) is 7.02. The highest BCUT2D eigenvalue weighted by Crippen LogP contribution is 2.34. The van der Waals surface area contributed by atoms with Crippen molar-refractivity contribution in [2.24, 2.45) is 5.73 Å². The number of hydrogen-bond acceptors (Lipinski definition) is 6. The van der Waals surface area contributed by atoms with E-state index in [-0.39, 0.29) is 10.8 Å². The smallest absolute Gasteiger partial charge is 0.270 e. The molecule has 9 heteroatoms. The van der Waals surface area contributed by atoms with E-state index in [1.807, 2.05) is 0 Å². The summed E-state index contributed by atoms with van der Waals surface area (Å²) in [4.78, 5) is 21.8. The Morgan fingerprint density at radius 3 is 2.79 bits per heavy atom. The lowest BCUT2D eigenvalue weighted by Gasteiger charge is -2.05. The molecule has 2 rings (SSSR count). The molecule has 0 spiro atoms. The van der Waals surface area contributed by atoms with Crippen LogP contribution in [0.3, 0.4) is 0 Å². The van der Waals surface area contributed by atoms with Crippen LogP contribution in [-0.4, -0.2) is 23.1 Å². The molecule has 24 heavy (non-hydrogen) atoms. The summed E-state index contributed by atoms with van der Waals surface area (Å²) in [6.45, 7) is 0. The highest BCUT2D eigenvalue weighted by atomic mass is 32.1. The summed E-state index contributed by atoms with van der Waals surface area (Å²) in [7, 11) is 1.45. The summed E-state index contributed by atoms with van der Waals surface area (Å²) in [5, 5.41) is 13.0. The van der Waals surface area contributed by atoms with E-state index in [1.54, 1.807) is 12.1 Å². The van der Waals surface area contributed by atoms with Crippen LogP contribution in [0.2, 0.25) is 0 Å². The monoisotopic (exact) mass is 347 g/mol. The van der Waals surface area contributed by atoms with Crippen LogP contribution in [0.5, 0.6) is 5.75 Å². The Morgan fingerprint density at radius 2 is 2.17 bits per heavy atom. The topological polar surface area (TPSA) is 121 Å². The van der Waals surface area contributed by atoms with E-state index in [0.29, 0.717) is 22.8 Å². The van der Waals surface area contributed by atoms with Crippen LogP contribution in [0.4, 0.5) is 5.69 Å². The van der Waals surface area contributed by atoms with Crippen LogP contribution in [-0.2, 0) is 4.79 Å². The minimum atomic E-state index is -0.507. The third-order valence-electron chi connectivity index (χ3n) is 2.93. The number of rotatable bonds is 5. The molecule has 124 valence electrons. The third kappa shape index (κ3) is 4.17. The van der Waals surface area contributed by atoms with E-state index < -0.39 is 10.8 Å². The SMILES string of the molecule is COc1ccc([N+](=O)[O-])cc1-c1ccc(/C=C/C(=O)NC(N)=S)o1. The molecule has 2 aromatic rings. The molecule has 1 aromatic carbocycles. The molecule has 3 N–H and O–H groups in total. The molecule has 8 nitrogen and oxygen atoms in total. The molecule has 1 amide bonds. The molecule has 0 aliphatic carbocycles. The maximum absolute atomic E-state index is 11.4. The van der Waals surface area contributed by atoms with Crippen LogP contribution in [0.1, 0.15) is 5.76 Å². The van der Waals surface area contributed by atoms with Gasteiger partial charge in [0.15, 0.2) is 5.11 Å². The molecule has 0 saturated heterocycles. The normalized spacial score (nSPS) is 10.5. The largest absolute Gasteiger partial charge is 0.496 e. The number of non-ortho nitro benzene ring substituents is 1. The van der Waals surface area contributed by atoms with E-state index in [9.17, 15) is 14.9 Å². The Kier molecular flexibility index (Phi) is 5.27. The van der Waals surface area contributed by atoms with Crippen molar-refractivity contribution >= 4 is 35.0 Å². The van der Waals surface area contributed by atoms with Gasteiger partial charge in [0.05, 0.1) is 17.6 Å². The zero-order valence-corrected chi connectivity index (χ0v) is 13.3. The van der Waals surface area contributed by atoms with Gasteiger partial charge in [-0.25, -0.2) is 0 Å². The molecular weight excluding hydrogens is 334 g/mol. The van der Waals surface area contributed by atoms with E-state index in [4.69, 9.17) is 14.9 Å². The zero-order valence-electron chi connectivity index (χ0n) is 12.5. The molecule has 0 aliphatic rings. The summed E-state index contributed by atoms with van der Waals surface area (Å²) < 4.78 is 10.8.